The molecular formula is C16H10BBrO2. The first-order valence-electron chi connectivity index (χ1n) is 6.56. The van der Waals surface area contributed by atoms with Crippen LogP contribution in [0.25, 0.3) is 0 Å². The summed E-state index contributed by atoms with van der Waals surface area (Å²) >= 11 is 3.39. The minimum atomic E-state index is -0.317. The normalized spacial score (nSPS) is 22.6. The molecule has 0 bridgehead atoms. The van der Waals surface area contributed by atoms with Gasteiger partial charge in [-0.05, 0) is 23.3 Å². The van der Waals surface area contributed by atoms with Crippen LogP contribution >= 0.6 is 15.9 Å². The summed E-state index contributed by atoms with van der Waals surface area (Å²) in [6.07, 6.45) is 0. The Morgan fingerprint density at radius 2 is 1.40 bits per heavy atom. The van der Waals surface area contributed by atoms with Crippen molar-refractivity contribution in [2.45, 2.75) is 11.8 Å². The van der Waals surface area contributed by atoms with E-state index in [0.29, 0.717) is 5.56 Å². The van der Waals surface area contributed by atoms with E-state index in [4.69, 9.17) is 0 Å². The molecule has 2 aromatic carbocycles. The Morgan fingerprint density at radius 3 is 2.05 bits per heavy atom. The number of halogens is 1. The second-order valence-corrected chi connectivity index (χ2v) is 6.42. The van der Waals surface area contributed by atoms with Crippen LogP contribution in [-0.2, 0) is 0 Å². The highest BCUT2D eigenvalue weighted by Crippen LogP contribution is 2.51. The molecule has 0 amide bonds. The van der Waals surface area contributed by atoms with E-state index in [-0.39, 0.29) is 23.4 Å². The van der Waals surface area contributed by atoms with E-state index in [0.717, 1.165) is 26.6 Å². The van der Waals surface area contributed by atoms with Gasteiger partial charge in [0.25, 0.3) is 0 Å². The van der Waals surface area contributed by atoms with Crippen molar-refractivity contribution < 1.29 is 9.59 Å². The van der Waals surface area contributed by atoms with Crippen LogP contribution in [0, 0.1) is 0 Å². The molecule has 0 aromatic heterocycles. The molecule has 0 fully saturated rings. The van der Waals surface area contributed by atoms with E-state index in [2.05, 4.69) is 15.9 Å². The van der Waals surface area contributed by atoms with E-state index >= 15 is 0 Å². The molecule has 0 radical (unpaired) electrons. The van der Waals surface area contributed by atoms with Crippen LogP contribution in [0.2, 0.25) is 0 Å². The van der Waals surface area contributed by atoms with Crippen molar-refractivity contribution in [2.75, 3.05) is 0 Å². The third kappa shape index (κ3) is 1.40. The van der Waals surface area contributed by atoms with Gasteiger partial charge in [0.15, 0.2) is 11.6 Å². The lowest BCUT2D eigenvalue weighted by Gasteiger charge is -2.07. The zero-order chi connectivity index (χ0) is 14.0. The van der Waals surface area contributed by atoms with Crippen LogP contribution in [0.1, 0.15) is 43.7 Å². The van der Waals surface area contributed by atoms with Gasteiger partial charge in [-0.25, -0.2) is 0 Å². The van der Waals surface area contributed by atoms with Crippen LogP contribution in [-0.4, -0.2) is 19.4 Å². The smallest absolute Gasteiger partial charge is 0.171 e. The molecule has 0 aliphatic heterocycles. The molecule has 2 nitrogen and oxygen atoms in total. The molecule has 0 N–H and O–H groups in total. The predicted octanol–water partition coefficient (Wildman–Crippen LogP) is 1.97. The molecule has 0 saturated carbocycles. The van der Waals surface area contributed by atoms with Crippen molar-refractivity contribution >= 4 is 40.8 Å². The number of hydrogen-bond acceptors (Lipinski definition) is 2. The minimum Gasteiger partial charge on any atom is -0.293 e. The van der Waals surface area contributed by atoms with Gasteiger partial charge in [0.05, 0.1) is 11.8 Å². The van der Waals surface area contributed by atoms with Crippen molar-refractivity contribution in [1.82, 2.24) is 0 Å². The van der Waals surface area contributed by atoms with Gasteiger partial charge in [0.2, 0.25) is 0 Å². The summed E-state index contributed by atoms with van der Waals surface area (Å²) in [5, 5.41) is 0. The Morgan fingerprint density at radius 1 is 0.850 bits per heavy atom. The van der Waals surface area contributed by atoms with Crippen molar-refractivity contribution in [3.8, 4) is 0 Å². The highest BCUT2D eigenvalue weighted by Gasteiger charge is 2.50. The maximum absolute atomic E-state index is 12.7. The summed E-state index contributed by atoms with van der Waals surface area (Å²) in [6.45, 7) is 0. The average Bonchev–Trinajstić information content (AvgIpc) is 2.86. The van der Waals surface area contributed by atoms with Gasteiger partial charge in [0.1, 0.15) is 7.85 Å². The summed E-state index contributed by atoms with van der Waals surface area (Å²) in [6, 6.07) is 11.4. The van der Waals surface area contributed by atoms with Crippen LogP contribution in [0.15, 0.2) is 40.9 Å². The van der Waals surface area contributed by atoms with E-state index in [1.165, 1.54) is 0 Å². The van der Waals surface area contributed by atoms with E-state index in [1.54, 1.807) is 0 Å². The SMILES string of the molecule is Bc1ccc2c(c1)C(=O)C1c3ccc(Br)cc3C(=O)C21. The van der Waals surface area contributed by atoms with Crippen molar-refractivity contribution in [2.24, 2.45) is 0 Å². The number of rotatable bonds is 0. The summed E-state index contributed by atoms with van der Waals surface area (Å²) in [5.74, 6) is -0.477. The third-order valence-electron chi connectivity index (χ3n) is 4.32. The standard InChI is InChI=1S/C16H10BBrO2/c17-7-1-3-9-11(5-7)15(19)14-10-4-2-8(18)6-12(10)16(20)13(9)14/h1-6,13-14H,17H2. The Hall–Kier alpha value is -1.68. The highest BCUT2D eigenvalue weighted by atomic mass is 79.9. The first-order chi connectivity index (χ1) is 9.58. The summed E-state index contributed by atoms with van der Waals surface area (Å²) in [4.78, 5) is 25.3. The van der Waals surface area contributed by atoms with Gasteiger partial charge in [-0.3, -0.25) is 9.59 Å². The molecule has 0 saturated heterocycles. The highest BCUT2D eigenvalue weighted by molar-refractivity contribution is 9.10. The number of hydrogen-bond donors (Lipinski definition) is 0. The first kappa shape index (κ1) is 12.1. The molecule has 4 rings (SSSR count). The zero-order valence-corrected chi connectivity index (χ0v) is 12.4. The van der Waals surface area contributed by atoms with E-state index in [1.807, 2.05) is 44.2 Å². The number of fused-ring (bicyclic) bond motifs is 5. The van der Waals surface area contributed by atoms with E-state index in [9.17, 15) is 9.59 Å². The van der Waals surface area contributed by atoms with Crippen molar-refractivity contribution in [3.63, 3.8) is 0 Å². The number of Topliss-reactive ketones (excluding diaryl/α,β-unsaturated/α-hetero) is 2. The summed E-state index contributed by atoms with van der Waals surface area (Å²) in [5.41, 5.74) is 4.24. The zero-order valence-electron chi connectivity index (χ0n) is 10.8. The Balaban J connectivity index is 1.97. The van der Waals surface area contributed by atoms with Gasteiger partial charge in [0, 0.05) is 15.6 Å². The molecule has 0 spiro atoms. The van der Waals surface area contributed by atoms with Gasteiger partial charge in [-0.2, -0.15) is 0 Å². The molecule has 2 aliphatic rings. The maximum atomic E-state index is 12.7. The fourth-order valence-corrected chi connectivity index (χ4v) is 3.81. The minimum absolute atomic E-state index is 0.0715. The number of benzene rings is 2. The number of ketones is 2. The fourth-order valence-electron chi connectivity index (χ4n) is 3.45. The molecule has 2 aliphatic carbocycles. The molecule has 2 aromatic rings. The lowest BCUT2D eigenvalue weighted by atomic mass is 9.90. The topological polar surface area (TPSA) is 34.1 Å². The quantitative estimate of drug-likeness (QED) is 0.694. The second-order valence-electron chi connectivity index (χ2n) is 5.51. The molecule has 4 heteroatoms. The lowest BCUT2D eigenvalue weighted by Crippen LogP contribution is -2.09. The van der Waals surface area contributed by atoms with Crippen LogP contribution in [0.4, 0.5) is 0 Å². The maximum Gasteiger partial charge on any atom is 0.171 e. The van der Waals surface area contributed by atoms with Gasteiger partial charge in [-0.1, -0.05) is 45.7 Å². The molecule has 20 heavy (non-hydrogen) atoms. The largest absolute Gasteiger partial charge is 0.293 e. The van der Waals surface area contributed by atoms with Gasteiger partial charge in [-0.15, -0.1) is 0 Å². The Labute approximate surface area is 125 Å². The van der Waals surface area contributed by atoms with Crippen molar-refractivity contribution in [3.05, 3.63) is 63.1 Å². The fraction of sp³-hybridized carbons (Fsp3) is 0.125. The van der Waals surface area contributed by atoms with E-state index < -0.39 is 0 Å². The molecule has 96 valence electrons. The lowest BCUT2D eigenvalue weighted by molar-refractivity contribution is 0.0913. The van der Waals surface area contributed by atoms with Crippen molar-refractivity contribution in [1.29, 1.82) is 0 Å². The Kier molecular flexibility index (Phi) is 2.37. The van der Waals surface area contributed by atoms with Crippen LogP contribution in [0.3, 0.4) is 0 Å². The molecule has 2 unspecified atom stereocenters. The van der Waals surface area contributed by atoms with Gasteiger partial charge >= 0.3 is 0 Å². The van der Waals surface area contributed by atoms with Gasteiger partial charge < -0.3 is 0 Å². The van der Waals surface area contributed by atoms with Crippen LogP contribution in [0.5, 0.6) is 0 Å². The predicted molar refractivity (Wildman–Crippen MR) is 82.9 cm³/mol. The summed E-state index contributed by atoms with van der Waals surface area (Å²) in [7, 11) is 1.97. The van der Waals surface area contributed by atoms with Crippen LogP contribution < -0.4 is 5.46 Å². The summed E-state index contributed by atoms with van der Waals surface area (Å²) < 4.78 is 0.876. The number of carbonyl (C=O) groups excluding carboxylic acids is 2. The molecule has 2 atom stereocenters. The first-order valence-corrected chi connectivity index (χ1v) is 7.35. The Bertz CT molecular complexity index is 730. The molecule has 0 heterocycles. The molecular weight excluding hydrogens is 315 g/mol. The number of carbonyl (C=O) groups is 2. The average molecular weight is 325 g/mol. The second kappa shape index (κ2) is 3.92. The third-order valence-corrected chi connectivity index (χ3v) is 4.82. The monoisotopic (exact) mass is 324 g/mol.